The predicted molar refractivity (Wildman–Crippen MR) is 128 cm³/mol. The number of ether oxygens (including phenoxy) is 2. The summed E-state index contributed by atoms with van der Waals surface area (Å²) < 4.78 is 77.4. The molecule has 2 unspecified atom stereocenters. The second-order valence-corrected chi connectivity index (χ2v) is 11.9. The minimum Gasteiger partial charge on any atom is -0.376 e. The van der Waals surface area contributed by atoms with Gasteiger partial charge in [-0.3, -0.25) is 5.10 Å². The van der Waals surface area contributed by atoms with Crippen molar-refractivity contribution in [1.82, 2.24) is 10.2 Å². The van der Waals surface area contributed by atoms with Gasteiger partial charge in [0, 0.05) is 12.0 Å². The average molecular weight is 523 g/mol. The molecule has 1 saturated heterocycles. The second-order valence-electron chi connectivity index (χ2n) is 9.65. The van der Waals surface area contributed by atoms with Gasteiger partial charge >= 0.3 is 6.18 Å². The third kappa shape index (κ3) is 5.99. The molecule has 1 fully saturated rings. The van der Waals surface area contributed by atoms with Crippen molar-refractivity contribution < 1.29 is 31.1 Å². The normalized spacial score (nSPS) is 19.4. The smallest absolute Gasteiger partial charge is 0.376 e. The van der Waals surface area contributed by atoms with Crippen LogP contribution < -0.4 is 0 Å². The number of nitrogens with zero attached hydrogens (tertiary/aromatic N) is 1. The molecular weight excluding hydrogens is 493 g/mol. The monoisotopic (exact) mass is 522 g/mol. The topological polar surface area (TPSA) is 81.3 Å². The van der Waals surface area contributed by atoms with Gasteiger partial charge < -0.3 is 9.47 Å². The van der Waals surface area contributed by atoms with Crippen molar-refractivity contribution >= 4 is 9.84 Å². The Morgan fingerprint density at radius 1 is 1.08 bits per heavy atom. The third-order valence-corrected chi connectivity index (χ3v) is 8.59. The lowest BCUT2D eigenvalue weighted by Gasteiger charge is -2.29. The highest BCUT2D eigenvalue weighted by Gasteiger charge is 2.37. The molecule has 0 radical (unpaired) electrons. The lowest BCUT2D eigenvalue weighted by molar-refractivity contribution is -0.137. The van der Waals surface area contributed by atoms with Gasteiger partial charge in [-0.2, -0.15) is 18.3 Å². The summed E-state index contributed by atoms with van der Waals surface area (Å²) in [5.74, 6) is 0. The summed E-state index contributed by atoms with van der Waals surface area (Å²) in [4.78, 5) is -0.329. The highest BCUT2D eigenvalue weighted by atomic mass is 32.2. The van der Waals surface area contributed by atoms with Crippen LogP contribution in [0.5, 0.6) is 0 Å². The van der Waals surface area contributed by atoms with Gasteiger partial charge in [0.25, 0.3) is 0 Å². The Labute approximate surface area is 208 Å². The molecule has 3 aromatic rings. The first-order valence-electron chi connectivity index (χ1n) is 11.7. The molecule has 6 nitrogen and oxygen atoms in total. The summed E-state index contributed by atoms with van der Waals surface area (Å²) in [7, 11) is -3.98. The number of aromatic amines is 1. The van der Waals surface area contributed by atoms with Crippen LogP contribution in [0.4, 0.5) is 13.2 Å². The first-order valence-corrected chi connectivity index (χ1v) is 13.2. The van der Waals surface area contributed by atoms with E-state index < -0.39 is 38.3 Å². The van der Waals surface area contributed by atoms with Crippen LogP contribution in [0.1, 0.15) is 55.3 Å². The number of H-pyrrole nitrogens is 1. The number of nitrogens with one attached hydrogen (secondary N) is 1. The van der Waals surface area contributed by atoms with Crippen LogP contribution in [0.3, 0.4) is 0 Å². The van der Waals surface area contributed by atoms with E-state index in [1.54, 1.807) is 0 Å². The summed E-state index contributed by atoms with van der Waals surface area (Å²) in [6.45, 7) is 5.07. The van der Waals surface area contributed by atoms with Gasteiger partial charge in [-0.05, 0) is 42.7 Å². The summed E-state index contributed by atoms with van der Waals surface area (Å²) in [6.07, 6.45) is -4.86. The van der Waals surface area contributed by atoms with Crippen molar-refractivity contribution in [2.75, 3.05) is 13.2 Å². The average Bonchev–Trinajstić information content (AvgIpc) is 3.36. The maximum atomic E-state index is 13.2. The number of aromatic nitrogens is 2. The lowest BCUT2D eigenvalue weighted by Crippen LogP contribution is -2.31. The minimum absolute atomic E-state index is 0.116. The van der Waals surface area contributed by atoms with Crippen LogP contribution in [0.2, 0.25) is 0 Å². The highest BCUT2D eigenvalue weighted by Crippen LogP contribution is 2.36. The van der Waals surface area contributed by atoms with Crippen LogP contribution in [0, 0.1) is 0 Å². The largest absolute Gasteiger partial charge is 0.416 e. The molecule has 0 aliphatic carbocycles. The Hall–Kier alpha value is -2.69. The van der Waals surface area contributed by atoms with E-state index in [9.17, 15) is 21.6 Å². The Balaban J connectivity index is 1.44. The van der Waals surface area contributed by atoms with E-state index in [1.165, 1.54) is 6.07 Å². The highest BCUT2D eigenvalue weighted by molar-refractivity contribution is 7.92. The maximum absolute atomic E-state index is 13.2. The summed E-state index contributed by atoms with van der Waals surface area (Å²) in [5.41, 5.74) is 1.05. The fourth-order valence-electron chi connectivity index (χ4n) is 4.23. The number of hydrogen-bond acceptors (Lipinski definition) is 5. The summed E-state index contributed by atoms with van der Waals surface area (Å²) >= 11 is 0. The van der Waals surface area contributed by atoms with Crippen LogP contribution in [-0.4, -0.2) is 37.1 Å². The van der Waals surface area contributed by atoms with Gasteiger partial charge in [-0.1, -0.05) is 50.2 Å². The molecule has 1 aromatic heterocycles. The van der Waals surface area contributed by atoms with Crippen molar-refractivity contribution in [2.45, 2.75) is 61.1 Å². The molecule has 2 heterocycles. The molecule has 1 aliphatic heterocycles. The number of alkyl halides is 3. The standard InChI is InChI=1S/C26H29F3N2O4S/c1-25(2,17-34-16-18-7-4-3-5-8-18)24-15-22(30-31-24)23-14-21(11-12-35-23)36(32,33)20-10-6-9-19(13-20)26(27,28)29/h3-10,13,15,21,23H,11-12,14,16-17H2,1-2H3,(H,30,31). The van der Waals surface area contributed by atoms with E-state index in [2.05, 4.69) is 10.2 Å². The number of rotatable bonds is 8. The van der Waals surface area contributed by atoms with Crippen LogP contribution in [0.15, 0.2) is 65.6 Å². The number of halogens is 3. The van der Waals surface area contributed by atoms with Gasteiger partial charge in [-0.25, -0.2) is 8.42 Å². The quantitative estimate of drug-likeness (QED) is 0.416. The Bertz CT molecular complexity index is 1270. The molecule has 1 N–H and O–H groups in total. The molecule has 0 spiro atoms. The number of benzene rings is 2. The lowest BCUT2D eigenvalue weighted by atomic mass is 9.90. The minimum atomic E-state index is -4.62. The van der Waals surface area contributed by atoms with E-state index in [4.69, 9.17) is 9.47 Å². The van der Waals surface area contributed by atoms with Gasteiger partial charge in [0.2, 0.25) is 0 Å². The molecule has 0 saturated carbocycles. The molecule has 1 aliphatic rings. The molecular formula is C26H29F3N2O4S. The third-order valence-electron chi connectivity index (χ3n) is 6.38. The van der Waals surface area contributed by atoms with E-state index >= 15 is 0 Å². The molecule has 0 amide bonds. The van der Waals surface area contributed by atoms with Gasteiger partial charge in [0.05, 0.1) is 40.3 Å². The predicted octanol–water partition coefficient (Wildman–Crippen LogP) is 5.62. The van der Waals surface area contributed by atoms with Gasteiger partial charge in [0.15, 0.2) is 9.84 Å². The number of hydrogen-bond donors (Lipinski definition) is 1. The van der Waals surface area contributed by atoms with Crippen molar-refractivity contribution in [1.29, 1.82) is 0 Å². The van der Waals surface area contributed by atoms with E-state index in [1.807, 2.05) is 50.2 Å². The SMILES string of the molecule is CC(C)(COCc1ccccc1)c1cc(C2CC(S(=O)(=O)c3cccc(C(F)(F)F)c3)CCO2)[nH]n1. The summed E-state index contributed by atoms with van der Waals surface area (Å²) in [5, 5.41) is 6.50. The fourth-order valence-corrected chi connectivity index (χ4v) is 6.01. The van der Waals surface area contributed by atoms with Crippen LogP contribution in [0.25, 0.3) is 0 Å². The van der Waals surface area contributed by atoms with Crippen molar-refractivity contribution in [2.24, 2.45) is 0 Å². The van der Waals surface area contributed by atoms with Crippen LogP contribution in [-0.2, 0) is 37.5 Å². The number of sulfone groups is 1. The van der Waals surface area contributed by atoms with Crippen molar-refractivity contribution in [3.8, 4) is 0 Å². The Morgan fingerprint density at radius 3 is 2.56 bits per heavy atom. The van der Waals surface area contributed by atoms with Crippen LogP contribution >= 0.6 is 0 Å². The summed E-state index contributed by atoms with van der Waals surface area (Å²) in [6, 6.07) is 15.6. The molecule has 36 heavy (non-hydrogen) atoms. The maximum Gasteiger partial charge on any atom is 0.416 e. The van der Waals surface area contributed by atoms with Crippen molar-refractivity contribution in [3.63, 3.8) is 0 Å². The molecule has 2 atom stereocenters. The zero-order chi connectivity index (χ0) is 26.0. The molecule has 2 aromatic carbocycles. The molecule has 4 rings (SSSR count). The second kappa shape index (κ2) is 10.4. The fraction of sp³-hybridized carbons (Fsp3) is 0.423. The zero-order valence-electron chi connectivity index (χ0n) is 20.1. The molecule has 10 heteroatoms. The van der Waals surface area contributed by atoms with Gasteiger partial charge in [-0.15, -0.1) is 0 Å². The zero-order valence-corrected chi connectivity index (χ0v) is 20.9. The van der Waals surface area contributed by atoms with E-state index in [0.717, 1.165) is 23.4 Å². The van der Waals surface area contributed by atoms with Gasteiger partial charge in [0.1, 0.15) is 6.10 Å². The molecule has 0 bridgehead atoms. The Kier molecular flexibility index (Phi) is 7.59. The van der Waals surface area contributed by atoms with Crippen molar-refractivity contribution in [3.05, 3.63) is 83.2 Å². The van der Waals surface area contributed by atoms with E-state index in [0.29, 0.717) is 25.0 Å². The Morgan fingerprint density at radius 2 is 1.83 bits per heavy atom. The van der Waals surface area contributed by atoms with E-state index in [-0.39, 0.29) is 24.3 Å². The first-order chi connectivity index (χ1) is 17.0. The first kappa shape index (κ1) is 26.4. The molecule has 194 valence electrons.